The Labute approximate surface area is 123 Å². The quantitative estimate of drug-likeness (QED) is 0.327. The second kappa shape index (κ2) is 9.67. The van der Waals surface area contributed by atoms with Crippen LogP contribution in [0.15, 0.2) is 24.3 Å². The maximum Gasteiger partial charge on any atom is 0.292 e. The zero-order valence-corrected chi connectivity index (χ0v) is 11.9. The van der Waals surface area contributed by atoms with Crippen LogP contribution >= 0.6 is 0 Å². The number of rotatable bonds is 10. The topological polar surface area (TPSA) is 106 Å². The first-order valence-electron chi connectivity index (χ1n) is 6.58. The van der Waals surface area contributed by atoms with Gasteiger partial charge in [-0.2, -0.15) is 0 Å². The Morgan fingerprint density at radius 3 is 2.76 bits per heavy atom. The monoisotopic (exact) mass is 296 g/mol. The minimum Gasteiger partial charge on any atom is -0.383 e. The normalized spacial score (nSPS) is 10.1. The van der Waals surface area contributed by atoms with Crippen LogP contribution < -0.4 is 16.0 Å². The highest BCUT2D eigenvalue weighted by atomic mass is 16.6. The molecule has 0 aliphatic carbocycles. The fourth-order valence-corrected chi connectivity index (χ4v) is 1.61. The van der Waals surface area contributed by atoms with Crippen LogP contribution in [-0.4, -0.2) is 50.7 Å². The van der Waals surface area contributed by atoms with Crippen molar-refractivity contribution in [2.75, 3.05) is 45.2 Å². The van der Waals surface area contributed by atoms with Crippen molar-refractivity contribution < 1.29 is 14.5 Å². The Kier molecular flexibility index (Phi) is 7.77. The summed E-state index contributed by atoms with van der Waals surface area (Å²) in [6.07, 6.45) is 0. The molecule has 0 spiro atoms. The zero-order chi connectivity index (χ0) is 15.5. The van der Waals surface area contributed by atoms with Gasteiger partial charge in [-0.05, 0) is 6.07 Å². The van der Waals surface area contributed by atoms with Crippen LogP contribution in [0.1, 0.15) is 0 Å². The number of nitrogens with one attached hydrogen (secondary N) is 3. The number of hydrogen-bond donors (Lipinski definition) is 3. The van der Waals surface area contributed by atoms with E-state index in [0.717, 1.165) is 6.54 Å². The molecular formula is C13H20N4O4. The van der Waals surface area contributed by atoms with E-state index in [-0.39, 0.29) is 18.1 Å². The Bertz CT molecular complexity index is 467. The molecule has 1 aromatic rings. The van der Waals surface area contributed by atoms with Crippen molar-refractivity contribution in [2.45, 2.75) is 0 Å². The smallest absolute Gasteiger partial charge is 0.292 e. The number of methoxy groups -OCH3 is 1. The first-order valence-corrected chi connectivity index (χ1v) is 6.58. The Hall–Kier alpha value is -2.19. The lowest BCUT2D eigenvalue weighted by atomic mass is 10.2. The van der Waals surface area contributed by atoms with Crippen molar-refractivity contribution in [3.63, 3.8) is 0 Å². The highest BCUT2D eigenvalue weighted by Gasteiger charge is 2.12. The van der Waals surface area contributed by atoms with Gasteiger partial charge in [0.05, 0.1) is 18.1 Å². The summed E-state index contributed by atoms with van der Waals surface area (Å²) >= 11 is 0. The van der Waals surface area contributed by atoms with Crippen LogP contribution in [0.5, 0.6) is 0 Å². The van der Waals surface area contributed by atoms with Crippen LogP contribution in [0, 0.1) is 10.1 Å². The summed E-state index contributed by atoms with van der Waals surface area (Å²) in [6.45, 7) is 2.46. The SMILES string of the molecule is COCCNCCNC(=O)CNc1ccccc1[N+](=O)[O-]. The van der Waals surface area contributed by atoms with Crippen LogP contribution in [0.2, 0.25) is 0 Å². The number of hydrogen-bond acceptors (Lipinski definition) is 6. The molecule has 8 nitrogen and oxygen atoms in total. The summed E-state index contributed by atoms with van der Waals surface area (Å²) in [5.41, 5.74) is 0.280. The summed E-state index contributed by atoms with van der Waals surface area (Å²) in [6, 6.07) is 6.21. The Morgan fingerprint density at radius 1 is 1.29 bits per heavy atom. The molecule has 1 amide bonds. The first kappa shape index (κ1) is 16.9. The molecule has 116 valence electrons. The Morgan fingerprint density at radius 2 is 2.05 bits per heavy atom. The van der Waals surface area contributed by atoms with Gasteiger partial charge in [-0.15, -0.1) is 0 Å². The maximum atomic E-state index is 11.6. The minimum absolute atomic E-state index is 0.0110. The molecule has 0 fully saturated rings. The van der Waals surface area contributed by atoms with Gasteiger partial charge in [-0.1, -0.05) is 12.1 Å². The van der Waals surface area contributed by atoms with Crippen molar-refractivity contribution in [1.29, 1.82) is 0 Å². The van der Waals surface area contributed by atoms with E-state index in [1.165, 1.54) is 6.07 Å². The number of nitro benzene ring substituents is 1. The van der Waals surface area contributed by atoms with E-state index in [1.54, 1.807) is 25.3 Å². The number of para-hydroxylation sites is 2. The molecule has 8 heteroatoms. The highest BCUT2D eigenvalue weighted by molar-refractivity contribution is 5.81. The lowest BCUT2D eigenvalue weighted by molar-refractivity contribution is -0.383. The summed E-state index contributed by atoms with van der Waals surface area (Å²) in [7, 11) is 1.62. The third kappa shape index (κ3) is 6.68. The fraction of sp³-hybridized carbons (Fsp3) is 0.462. The van der Waals surface area contributed by atoms with Crippen molar-refractivity contribution in [2.24, 2.45) is 0 Å². The van der Waals surface area contributed by atoms with Crippen LogP contribution in [0.25, 0.3) is 0 Å². The lowest BCUT2D eigenvalue weighted by Gasteiger charge is -2.08. The maximum absolute atomic E-state index is 11.6. The molecule has 1 aromatic carbocycles. The third-order valence-electron chi connectivity index (χ3n) is 2.65. The van der Waals surface area contributed by atoms with Gasteiger partial charge in [0.25, 0.3) is 5.69 Å². The second-order valence-corrected chi connectivity index (χ2v) is 4.22. The van der Waals surface area contributed by atoms with Gasteiger partial charge in [-0.3, -0.25) is 14.9 Å². The molecule has 0 aromatic heterocycles. The molecule has 1 rings (SSSR count). The lowest BCUT2D eigenvalue weighted by Crippen LogP contribution is -2.36. The van der Waals surface area contributed by atoms with Gasteiger partial charge in [0, 0.05) is 32.8 Å². The molecule has 0 heterocycles. The number of amides is 1. The summed E-state index contributed by atoms with van der Waals surface area (Å²) in [4.78, 5) is 21.9. The van der Waals surface area contributed by atoms with E-state index in [9.17, 15) is 14.9 Å². The molecular weight excluding hydrogens is 276 g/mol. The van der Waals surface area contributed by atoms with E-state index in [4.69, 9.17) is 4.74 Å². The van der Waals surface area contributed by atoms with Gasteiger partial charge in [0.15, 0.2) is 0 Å². The largest absolute Gasteiger partial charge is 0.383 e. The Balaban J connectivity index is 2.26. The van der Waals surface area contributed by atoms with Crippen LogP contribution in [-0.2, 0) is 9.53 Å². The number of nitro groups is 1. The van der Waals surface area contributed by atoms with E-state index in [0.29, 0.717) is 25.4 Å². The molecule has 3 N–H and O–H groups in total. The number of ether oxygens (including phenoxy) is 1. The standard InChI is InChI=1S/C13H20N4O4/c1-21-9-8-14-6-7-15-13(18)10-16-11-4-2-3-5-12(11)17(19)20/h2-5,14,16H,6-10H2,1H3,(H,15,18). The second-order valence-electron chi connectivity index (χ2n) is 4.22. The molecule has 0 saturated heterocycles. The summed E-state index contributed by atoms with van der Waals surface area (Å²) in [5, 5.41) is 19.4. The molecule has 0 radical (unpaired) electrons. The average Bonchev–Trinajstić information content (AvgIpc) is 2.49. The van der Waals surface area contributed by atoms with Crippen LogP contribution in [0.3, 0.4) is 0 Å². The first-order chi connectivity index (χ1) is 10.1. The summed E-state index contributed by atoms with van der Waals surface area (Å²) < 4.78 is 4.87. The zero-order valence-electron chi connectivity index (χ0n) is 11.9. The van der Waals surface area contributed by atoms with Crippen LogP contribution in [0.4, 0.5) is 11.4 Å². The van der Waals surface area contributed by atoms with Gasteiger partial charge >= 0.3 is 0 Å². The predicted molar refractivity (Wildman–Crippen MR) is 79.3 cm³/mol. The van der Waals surface area contributed by atoms with Crippen molar-refractivity contribution in [3.05, 3.63) is 34.4 Å². The predicted octanol–water partition coefficient (Wildman–Crippen LogP) is 0.359. The van der Waals surface area contributed by atoms with Crippen molar-refractivity contribution in [3.8, 4) is 0 Å². The molecule has 0 bridgehead atoms. The van der Waals surface area contributed by atoms with E-state index in [1.807, 2.05) is 0 Å². The highest BCUT2D eigenvalue weighted by Crippen LogP contribution is 2.22. The van der Waals surface area contributed by atoms with E-state index in [2.05, 4.69) is 16.0 Å². The third-order valence-corrected chi connectivity index (χ3v) is 2.65. The molecule has 0 atom stereocenters. The summed E-state index contributed by atoms with van der Waals surface area (Å²) in [5.74, 6) is -0.221. The fourth-order valence-electron chi connectivity index (χ4n) is 1.61. The minimum atomic E-state index is -0.486. The van der Waals surface area contributed by atoms with Gasteiger partial charge in [0.1, 0.15) is 5.69 Å². The number of anilines is 1. The van der Waals surface area contributed by atoms with Gasteiger partial charge in [0.2, 0.25) is 5.91 Å². The molecule has 0 aliphatic rings. The molecule has 0 aliphatic heterocycles. The molecule has 0 unspecified atom stereocenters. The van der Waals surface area contributed by atoms with E-state index < -0.39 is 4.92 Å². The number of carbonyl (C=O) groups excluding carboxylic acids is 1. The van der Waals surface area contributed by atoms with Crippen molar-refractivity contribution >= 4 is 17.3 Å². The molecule has 21 heavy (non-hydrogen) atoms. The number of carbonyl (C=O) groups is 1. The van der Waals surface area contributed by atoms with E-state index >= 15 is 0 Å². The van der Waals surface area contributed by atoms with Crippen molar-refractivity contribution in [1.82, 2.24) is 10.6 Å². The average molecular weight is 296 g/mol. The molecule has 0 saturated carbocycles. The van der Waals surface area contributed by atoms with Gasteiger partial charge < -0.3 is 20.7 Å². The van der Waals surface area contributed by atoms with Gasteiger partial charge in [-0.25, -0.2) is 0 Å². The number of benzene rings is 1. The number of nitrogens with zero attached hydrogens (tertiary/aromatic N) is 1.